The SMILES string of the molecule is C=CCC(F)(F)c1cc(C(F)(F)F)cc(S(=O)(=O)Nc2cc(C(F)(F)F)cc(C(F)(F)C=C)c2)c1. The number of halogens is 10. The summed E-state index contributed by atoms with van der Waals surface area (Å²) in [6, 6.07) is 0.611. The van der Waals surface area contributed by atoms with Crippen molar-refractivity contribution in [3.05, 3.63) is 84.0 Å². The molecule has 192 valence electrons. The van der Waals surface area contributed by atoms with Gasteiger partial charge in [-0.1, -0.05) is 12.7 Å². The van der Waals surface area contributed by atoms with Gasteiger partial charge in [0.25, 0.3) is 21.9 Å². The molecule has 0 saturated carbocycles. The monoisotopic (exact) mass is 535 g/mol. The fourth-order valence-electron chi connectivity index (χ4n) is 2.80. The molecule has 2 aromatic rings. The summed E-state index contributed by atoms with van der Waals surface area (Å²) in [4.78, 5) is -1.39. The molecule has 0 radical (unpaired) electrons. The Labute approximate surface area is 192 Å². The van der Waals surface area contributed by atoms with Crippen LogP contribution in [0.15, 0.2) is 66.6 Å². The van der Waals surface area contributed by atoms with Crippen molar-refractivity contribution in [2.24, 2.45) is 0 Å². The zero-order chi connectivity index (χ0) is 27.0. The third kappa shape index (κ3) is 6.55. The van der Waals surface area contributed by atoms with E-state index in [-0.39, 0.29) is 36.4 Å². The Morgan fingerprint density at radius 3 is 1.66 bits per heavy atom. The molecule has 0 bridgehead atoms. The Morgan fingerprint density at radius 1 is 0.714 bits per heavy atom. The summed E-state index contributed by atoms with van der Waals surface area (Å²) < 4.78 is 162. The summed E-state index contributed by atoms with van der Waals surface area (Å²) in [5.74, 6) is -8.03. The van der Waals surface area contributed by atoms with E-state index in [4.69, 9.17) is 0 Å². The molecule has 0 atom stereocenters. The lowest BCUT2D eigenvalue weighted by atomic mass is 10.0. The lowest BCUT2D eigenvalue weighted by Gasteiger charge is -2.20. The first-order valence-electron chi connectivity index (χ1n) is 9.21. The average Bonchev–Trinajstić information content (AvgIpc) is 2.71. The second-order valence-electron chi connectivity index (χ2n) is 7.17. The second-order valence-corrected chi connectivity index (χ2v) is 8.85. The van der Waals surface area contributed by atoms with Crippen molar-refractivity contribution in [3.8, 4) is 0 Å². The van der Waals surface area contributed by atoms with Crippen molar-refractivity contribution in [2.75, 3.05) is 4.72 Å². The van der Waals surface area contributed by atoms with Crippen LogP contribution in [0.5, 0.6) is 0 Å². The number of hydrogen-bond acceptors (Lipinski definition) is 2. The minimum atomic E-state index is -5.28. The van der Waals surface area contributed by atoms with Gasteiger partial charge in [0.2, 0.25) is 0 Å². The molecule has 0 aliphatic carbocycles. The van der Waals surface area contributed by atoms with E-state index in [1.54, 1.807) is 0 Å². The van der Waals surface area contributed by atoms with E-state index in [1.807, 2.05) is 0 Å². The maximum absolute atomic E-state index is 14.3. The minimum Gasteiger partial charge on any atom is -0.280 e. The molecule has 0 aromatic heterocycles. The molecule has 0 aliphatic heterocycles. The van der Waals surface area contributed by atoms with Crippen molar-refractivity contribution >= 4 is 15.7 Å². The van der Waals surface area contributed by atoms with Gasteiger partial charge in [0.05, 0.1) is 16.0 Å². The number of sulfonamides is 1. The van der Waals surface area contributed by atoms with Crippen LogP contribution in [0, 0.1) is 0 Å². The number of rotatable bonds is 8. The minimum absolute atomic E-state index is 0.00946. The van der Waals surface area contributed by atoms with Crippen molar-refractivity contribution in [3.63, 3.8) is 0 Å². The molecule has 0 saturated heterocycles. The van der Waals surface area contributed by atoms with Gasteiger partial charge in [-0.05, 0) is 42.5 Å². The molecule has 0 aliphatic rings. The number of nitrogens with one attached hydrogen (secondary N) is 1. The van der Waals surface area contributed by atoms with Crippen LogP contribution in [0.2, 0.25) is 0 Å². The van der Waals surface area contributed by atoms with Gasteiger partial charge in [-0.3, -0.25) is 4.72 Å². The standard InChI is InChI=1S/C21H15F10NO2S/c1-3-5-19(24,25)13-7-15(21(29,30)31)11-17(10-13)35(33,34)32-16-8-12(18(22,23)4-2)6-14(9-16)20(26,27)28/h3-4,6-11,32H,1-2,5H2. The molecule has 14 heteroatoms. The summed E-state index contributed by atoms with van der Waals surface area (Å²) in [6.45, 7) is 5.82. The lowest BCUT2D eigenvalue weighted by Crippen LogP contribution is -2.20. The Balaban J connectivity index is 2.70. The highest BCUT2D eigenvalue weighted by Gasteiger charge is 2.39. The molecule has 0 heterocycles. The van der Waals surface area contributed by atoms with Crippen LogP contribution in [-0.2, 0) is 34.2 Å². The maximum Gasteiger partial charge on any atom is 0.416 e. The van der Waals surface area contributed by atoms with Gasteiger partial charge in [-0.25, -0.2) is 17.2 Å². The molecule has 0 amide bonds. The highest BCUT2D eigenvalue weighted by atomic mass is 32.2. The van der Waals surface area contributed by atoms with Crippen molar-refractivity contribution in [1.82, 2.24) is 0 Å². The van der Waals surface area contributed by atoms with Gasteiger partial charge < -0.3 is 0 Å². The van der Waals surface area contributed by atoms with Gasteiger partial charge in [-0.2, -0.15) is 35.1 Å². The molecule has 0 fully saturated rings. The molecule has 2 aromatic carbocycles. The zero-order valence-electron chi connectivity index (χ0n) is 17.2. The largest absolute Gasteiger partial charge is 0.416 e. The first-order chi connectivity index (χ1) is 15.7. The van der Waals surface area contributed by atoms with E-state index in [2.05, 4.69) is 13.2 Å². The van der Waals surface area contributed by atoms with E-state index >= 15 is 0 Å². The fourth-order valence-corrected chi connectivity index (χ4v) is 3.91. The van der Waals surface area contributed by atoms with E-state index in [9.17, 15) is 52.3 Å². The third-order valence-corrected chi connectivity index (χ3v) is 5.88. The second kappa shape index (κ2) is 9.21. The number of allylic oxidation sites excluding steroid dienone is 2. The van der Waals surface area contributed by atoms with E-state index in [0.717, 1.165) is 0 Å². The van der Waals surface area contributed by atoms with Crippen molar-refractivity contribution in [1.29, 1.82) is 0 Å². The van der Waals surface area contributed by atoms with Crippen LogP contribution in [-0.4, -0.2) is 8.42 Å². The lowest BCUT2D eigenvalue weighted by molar-refractivity contribution is -0.138. The zero-order valence-corrected chi connectivity index (χ0v) is 18.1. The highest BCUT2D eigenvalue weighted by Crippen LogP contribution is 2.40. The average molecular weight is 535 g/mol. The Bertz CT molecular complexity index is 1230. The van der Waals surface area contributed by atoms with Crippen LogP contribution in [0.1, 0.15) is 28.7 Å². The molecule has 35 heavy (non-hydrogen) atoms. The molecule has 1 N–H and O–H groups in total. The van der Waals surface area contributed by atoms with Crippen LogP contribution in [0.3, 0.4) is 0 Å². The smallest absolute Gasteiger partial charge is 0.280 e. The number of anilines is 1. The third-order valence-electron chi connectivity index (χ3n) is 4.52. The predicted molar refractivity (Wildman–Crippen MR) is 106 cm³/mol. The van der Waals surface area contributed by atoms with Crippen LogP contribution >= 0.6 is 0 Å². The molecule has 0 spiro atoms. The topological polar surface area (TPSA) is 46.2 Å². The molecule has 3 nitrogen and oxygen atoms in total. The fraction of sp³-hybridized carbons (Fsp3) is 0.238. The summed E-state index contributed by atoms with van der Waals surface area (Å²) in [6.07, 6.45) is -11.0. The first-order valence-corrected chi connectivity index (χ1v) is 10.7. The van der Waals surface area contributed by atoms with E-state index in [1.165, 1.54) is 4.72 Å². The van der Waals surface area contributed by atoms with Gasteiger partial charge in [0.15, 0.2) is 0 Å². The Kier molecular flexibility index (Phi) is 7.42. The molecule has 2 rings (SSSR count). The highest BCUT2D eigenvalue weighted by molar-refractivity contribution is 7.92. The van der Waals surface area contributed by atoms with Crippen LogP contribution in [0.4, 0.5) is 49.6 Å². The molecular weight excluding hydrogens is 520 g/mol. The quantitative estimate of drug-likeness (QED) is 0.282. The van der Waals surface area contributed by atoms with Gasteiger partial charge in [0.1, 0.15) is 0 Å². The van der Waals surface area contributed by atoms with Crippen molar-refractivity contribution in [2.45, 2.75) is 35.5 Å². The van der Waals surface area contributed by atoms with E-state index < -0.39 is 73.5 Å². The maximum atomic E-state index is 14.3. The van der Waals surface area contributed by atoms with Gasteiger partial charge in [-0.15, -0.1) is 6.58 Å². The van der Waals surface area contributed by atoms with Gasteiger partial charge >= 0.3 is 12.4 Å². The number of benzene rings is 2. The van der Waals surface area contributed by atoms with Crippen molar-refractivity contribution < 1.29 is 52.3 Å². The van der Waals surface area contributed by atoms with Crippen LogP contribution in [0.25, 0.3) is 0 Å². The van der Waals surface area contributed by atoms with E-state index in [0.29, 0.717) is 12.1 Å². The Morgan fingerprint density at radius 2 is 1.17 bits per heavy atom. The molecule has 0 unspecified atom stereocenters. The number of alkyl halides is 10. The normalized spacial score (nSPS) is 13.4. The van der Waals surface area contributed by atoms with Crippen LogP contribution < -0.4 is 4.72 Å². The predicted octanol–water partition coefficient (Wildman–Crippen LogP) is 7.47. The summed E-state index contributed by atoms with van der Waals surface area (Å²) in [5, 5.41) is 0. The summed E-state index contributed by atoms with van der Waals surface area (Å²) in [5.41, 5.74) is -7.30. The first kappa shape index (κ1) is 28.2. The molecular formula is C21H15F10NO2S. The summed E-state index contributed by atoms with van der Waals surface area (Å²) >= 11 is 0. The van der Waals surface area contributed by atoms with Gasteiger partial charge in [0, 0.05) is 23.2 Å². The summed E-state index contributed by atoms with van der Waals surface area (Å²) in [7, 11) is -5.27. The Hall–Kier alpha value is -3.03. The number of hydrogen-bond donors (Lipinski definition) is 1.